The van der Waals surface area contributed by atoms with Gasteiger partial charge in [-0.15, -0.1) is 0 Å². The molecular formula is C20H28N4O. The van der Waals surface area contributed by atoms with Crippen molar-refractivity contribution in [3.8, 4) is 6.07 Å². The van der Waals surface area contributed by atoms with E-state index < -0.39 is 0 Å². The molecule has 25 heavy (non-hydrogen) atoms. The molecule has 0 bridgehead atoms. The number of amides is 1. The van der Waals surface area contributed by atoms with Gasteiger partial charge in [-0.3, -0.25) is 9.69 Å². The number of hydrogen-bond donors (Lipinski definition) is 0. The fourth-order valence-electron chi connectivity index (χ4n) is 4.05. The van der Waals surface area contributed by atoms with E-state index >= 15 is 0 Å². The van der Waals surface area contributed by atoms with Crippen LogP contribution in [0.25, 0.3) is 0 Å². The first-order valence-corrected chi connectivity index (χ1v) is 9.40. The number of piperazine rings is 1. The van der Waals surface area contributed by atoms with Crippen molar-refractivity contribution < 1.29 is 4.79 Å². The SMILES string of the molecule is CCN1CCN(C(=O)C2CCN(c3ccc(C#N)cc3)CC2)C[C@@H]1C. The second-order valence-corrected chi connectivity index (χ2v) is 7.18. The van der Waals surface area contributed by atoms with Crippen LogP contribution in [0.2, 0.25) is 0 Å². The minimum atomic E-state index is 0.162. The molecule has 1 aromatic rings. The smallest absolute Gasteiger partial charge is 0.225 e. The zero-order valence-corrected chi connectivity index (χ0v) is 15.3. The Labute approximate surface area is 150 Å². The van der Waals surface area contributed by atoms with E-state index in [0.717, 1.165) is 57.8 Å². The Morgan fingerprint density at radius 1 is 1.16 bits per heavy atom. The zero-order chi connectivity index (χ0) is 17.8. The maximum atomic E-state index is 12.9. The van der Waals surface area contributed by atoms with E-state index in [-0.39, 0.29) is 5.92 Å². The summed E-state index contributed by atoms with van der Waals surface area (Å²) in [6, 6.07) is 10.4. The molecule has 1 amide bonds. The number of hydrogen-bond acceptors (Lipinski definition) is 4. The average molecular weight is 340 g/mol. The average Bonchev–Trinajstić information content (AvgIpc) is 2.67. The van der Waals surface area contributed by atoms with Crippen LogP contribution in [0.15, 0.2) is 24.3 Å². The Kier molecular flexibility index (Phi) is 5.60. The third-order valence-electron chi connectivity index (χ3n) is 5.69. The number of nitriles is 1. The van der Waals surface area contributed by atoms with Crippen LogP contribution in [0.5, 0.6) is 0 Å². The van der Waals surface area contributed by atoms with Crippen molar-refractivity contribution in [1.29, 1.82) is 5.26 Å². The quantitative estimate of drug-likeness (QED) is 0.847. The molecule has 0 spiro atoms. The highest BCUT2D eigenvalue weighted by atomic mass is 16.2. The topological polar surface area (TPSA) is 50.6 Å². The van der Waals surface area contributed by atoms with Gasteiger partial charge in [-0.05, 0) is 50.6 Å². The predicted molar refractivity (Wildman–Crippen MR) is 99.4 cm³/mol. The van der Waals surface area contributed by atoms with E-state index in [1.54, 1.807) is 0 Å². The number of piperidine rings is 1. The second kappa shape index (κ2) is 7.88. The van der Waals surface area contributed by atoms with Crippen LogP contribution < -0.4 is 4.90 Å². The summed E-state index contributed by atoms with van der Waals surface area (Å²) in [6.07, 6.45) is 1.84. The lowest BCUT2D eigenvalue weighted by Crippen LogP contribution is -2.55. The number of likely N-dealkylation sites (N-methyl/N-ethyl adjacent to an activating group) is 1. The van der Waals surface area contributed by atoms with E-state index in [1.807, 2.05) is 24.3 Å². The standard InChI is InChI=1S/C20H28N4O/c1-3-22-12-13-24(15-16(22)2)20(25)18-8-10-23(11-9-18)19-6-4-17(14-21)5-7-19/h4-7,16,18H,3,8-13,15H2,1-2H3/t16-/m0/s1. The van der Waals surface area contributed by atoms with Crippen molar-refractivity contribution in [3.63, 3.8) is 0 Å². The molecule has 0 unspecified atom stereocenters. The second-order valence-electron chi connectivity index (χ2n) is 7.18. The fourth-order valence-corrected chi connectivity index (χ4v) is 4.05. The largest absolute Gasteiger partial charge is 0.371 e. The van der Waals surface area contributed by atoms with Crippen molar-refractivity contribution in [2.24, 2.45) is 5.92 Å². The summed E-state index contributed by atoms with van der Waals surface area (Å²) in [6.45, 7) is 10.0. The monoisotopic (exact) mass is 340 g/mol. The Bertz CT molecular complexity index is 628. The van der Waals surface area contributed by atoms with Crippen LogP contribution in [-0.4, -0.2) is 61.0 Å². The van der Waals surface area contributed by atoms with Crippen LogP contribution in [0, 0.1) is 17.2 Å². The molecule has 0 aliphatic carbocycles. The molecule has 1 aromatic carbocycles. The number of rotatable bonds is 3. The van der Waals surface area contributed by atoms with Crippen LogP contribution in [0.1, 0.15) is 32.3 Å². The van der Waals surface area contributed by atoms with Gasteiger partial charge in [0.15, 0.2) is 0 Å². The van der Waals surface area contributed by atoms with Gasteiger partial charge in [0.2, 0.25) is 5.91 Å². The highest BCUT2D eigenvalue weighted by Gasteiger charge is 2.32. The van der Waals surface area contributed by atoms with E-state index in [1.165, 1.54) is 0 Å². The number of carbonyl (C=O) groups excluding carboxylic acids is 1. The fraction of sp³-hybridized carbons (Fsp3) is 0.600. The van der Waals surface area contributed by atoms with Crippen molar-refractivity contribution >= 4 is 11.6 Å². The summed E-state index contributed by atoms with van der Waals surface area (Å²) in [7, 11) is 0. The van der Waals surface area contributed by atoms with Crippen LogP contribution >= 0.6 is 0 Å². The maximum absolute atomic E-state index is 12.9. The molecule has 1 atom stereocenters. The minimum absolute atomic E-state index is 0.162. The molecule has 5 heteroatoms. The molecule has 0 N–H and O–H groups in total. The lowest BCUT2D eigenvalue weighted by atomic mass is 9.94. The lowest BCUT2D eigenvalue weighted by molar-refractivity contribution is -0.139. The van der Waals surface area contributed by atoms with Crippen LogP contribution in [-0.2, 0) is 4.79 Å². The van der Waals surface area contributed by atoms with E-state index in [0.29, 0.717) is 17.5 Å². The summed E-state index contributed by atoms with van der Waals surface area (Å²) in [4.78, 5) is 19.7. The minimum Gasteiger partial charge on any atom is -0.371 e. The third kappa shape index (κ3) is 3.96. The predicted octanol–water partition coefficient (Wildman–Crippen LogP) is 2.33. The van der Waals surface area contributed by atoms with Crippen molar-refractivity contribution in [1.82, 2.24) is 9.80 Å². The van der Waals surface area contributed by atoms with Gasteiger partial charge < -0.3 is 9.80 Å². The molecule has 2 aliphatic rings. The molecule has 2 heterocycles. The highest BCUT2D eigenvalue weighted by molar-refractivity contribution is 5.79. The Morgan fingerprint density at radius 3 is 2.40 bits per heavy atom. The van der Waals surface area contributed by atoms with E-state index in [4.69, 9.17) is 5.26 Å². The number of anilines is 1. The van der Waals surface area contributed by atoms with Crippen LogP contribution in [0.4, 0.5) is 5.69 Å². The molecule has 3 rings (SSSR count). The molecule has 0 saturated carbocycles. The maximum Gasteiger partial charge on any atom is 0.225 e. The van der Waals surface area contributed by atoms with Gasteiger partial charge in [0, 0.05) is 50.4 Å². The molecule has 2 saturated heterocycles. The van der Waals surface area contributed by atoms with Crippen LogP contribution in [0.3, 0.4) is 0 Å². The Hall–Kier alpha value is -2.06. The number of carbonyl (C=O) groups is 1. The number of nitrogens with zero attached hydrogens (tertiary/aromatic N) is 4. The summed E-state index contributed by atoms with van der Waals surface area (Å²) in [5, 5.41) is 8.90. The molecular weight excluding hydrogens is 312 g/mol. The summed E-state index contributed by atoms with van der Waals surface area (Å²) in [5.41, 5.74) is 1.84. The lowest BCUT2D eigenvalue weighted by Gasteiger charge is -2.42. The Morgan fingerprint density at radius 2 is 1.84 bits per heavy atom. The first kappa shape index (κ1) is 17.8. The first-order valence-electron chi connectivity index (χ1n) is 9.40. The molecule has 134 valence electrons. The third-order valence-corrected chi connectivity index (χ3v) is 5.69. The highest BCUT2D eigenvalue weighted by Crippen LogP contribution is 2.25. The van der Waals surface area contributed by atoms with Gasteiger partial charge in [-0.2, -0.15) is 5.26 Å². The summed E-state index contributed by atoms with van der Waals surface area (Å²) < 4.78 is 0. The van der Waals surface area contributed by atoms with Crippen molar-refractivity contribution in [2.45, 2.75) is 32.7 Å². The van der Waals surface area contributed by atoms with E-state index in [2.05, 4.69) is 34.6 Å². The van der Waals surface area contributed by atoms with Gasteiger partial charge >= 0.3 is 0 Å². The van der Waals surface area contributed by atoms with Crippen molar-refractivity contribution in [2.75, 3.05) is 44.2 Å². The molecule has 2 fully saturated rings. The van der Waals surface area contributed by atoms with Gasteiger partial charge in [-0.1, -0.05) is 6.92 Å². The normalized spacial score (nSPS) is 22.7. The molecule has 5 nitrogen and oxygen atoms in total. The summed E-state index contributed by atoms with van der Waals surface area (Å²) in [5.74, 6) is 0.511. The molecule has 2 aliphatic heterocycles. The zero-order valence-electron chi connectivity index (χ0n) is 15.3. The molecule has 0 aromatic heterocycles. The van der Waals surface area contributed by atoms with Gasteiger partial charge in [-0.25, -0.2) is 0 Å². The van der Waals surface area contributed by atoms with Gasteiger partial charge in [0.05, 0.1) is 11.6 Å². The Balaban J connectivity index is 1.53. The van der Waals surface area contributed by atoms with E-state index in [9.17, 15) is 4.79 Å². The van der Waals surface area contributed by atoms with Gasteiger partial charge in [0.25, 0.3) is 0 Å². The van der Waals surface area contributed by atoms with Crippen molar-refractivity contribution in [3.05, 3.63) is 29.8 Å². The molecule has 0 radical (unpaired) electrons. The summed E-state index contributed by atoms with van der Waals surface area (Å²) >= 11 is 0. The first-order chi connectivity index (χ1) is 12.1. The number of benzene rings is 1. The van der Waals surface area contributed by atoms with Gasteiger partial charge in [0.1, 0.15) is 0 Å².